The van der Waals surface area contributed by atoms with E-state index in [9.17, 15) is 4.79 Å². The maximum absolute atomic E-state index is 12.4. The third kappa shape index (κ3) is 3.93. The third-order valence-electron chi connectivity index (χ3n) is 3.55. The van der Waals surface area contributed by atoms with Gasteiger partial charge in [-0.1, -0.05) is 51.1 Å². The predicted molar refractivity (Wildman–Crippen MR) is 79.4 cm³/mol. The molecule has 0 spiro atoms. The van der Waals surface area contributed by atoms with Crippen molar-refractivity contribution < 1.29 is 4.79 Å². The van der Waals surface area contributed by atoms with Crippen molar-refractivity contribution in [1.82, 2.24) is 6.15 Å². The van der Waals surface area contributed by atoms with Crippen LogP contribution in [0, 0.1) is 5.41 Å². The molecule has 17 heavy (non-hydrogen) atoms. The van der Waals surface area contributed by atoms with Crippen molar-refractivity contribution in [3.63, 3.8) is 0 Å². The Bertz CT molecular complexity index is 312. The van der Waals surface area contributed by atoms with E-state index < -0.39 is 0 Å². The summed E-state index contributed by atoms with van der Waals surface area (Å²) in [5.41, 5.74) is 0.699. The van der Waals surface area contributed by atoms with E-state index in [2.05, 4.69) is 20.8 Å². The van der Waals surface area contributed by atoms with Crippen LogP contribution in [0.4, 0.5) is 0 Å². The zero-order valence-corrected chi connectivity index (χ0v) is 12.7. The SMILES string of the molecule is Br.CCC(CC)(CC)C(=O)c1ccccc1.N. The van der Waals surface area contributed by atoms with E-state index in [0.29, 0.717) is 5.78 Å². The van der Waals surface area contributed by atoms with Crippen LogP contribution in [0.5, 0.6) is 0 Å². The first kappa shape index (κ1) is 18.7. The fourth-order valence-corrected chi connectivity index (χ4v) is 2.13. The first-order chi connectivity index (χ1) is 7.20. The molecule has 3 heteroatoms. The van der Waals surface area contributed by atoms with Gasteiger partial charge >= 0.3 is 0 Å². The Morgan fingerprint density at radius 1 is 1.00 bits per heavy atom. The summed E-state index contributed by atoms with van der Waals surface area (Å²) in [6, 6.07) is 9.64. The largest absolute Gasteiger partial charge is 0.344 e. The summed E-state index contributed by atoms with van der Waals surface area (Å²) in [7, 11) is 0. The summed E-state index contributed by atoms with van der Waals surface area (Å²) in [4.78, 5) is 12.4. The van der Waals surface area contributed by atoms with Crippen molar-refractivity contribution in [2.45, 2.75) is 40.0 Å². The van der Waals surface area contributed by atoms with Crippen molar-refractivity contribution in [2.75, 3.05) is 0 Å². The molecule has 1 aromatic rings. The average Bonchev–Trinajstić information content (AvgIpc) is 2.33. The van der Waals surface area contributed by atoms with E-state index in [1.54, 1.807) is 0 Å². The Balaban J connectivity index is 0. The van der Waals surface area contributed by atoms with Gasteiger partial charge in [-0.15, -0.1) is 17.0 Å². The van der Waals surface area contributed by atoms with Crippen LogP contribution in [0.25, 0.3) is 0 Å². The topological polar surface area (TPSA) is 52.1 Å². The van der Waals surface area contributed by atoms with Gasteiger partial charge in [0.1, 0.15) is 0 Å². The molecule has 0 atom stereocenters. The Morgan fingerprint density at radius 2 is 1.41 bits per heavy atom. The Morgan fingerprint density at radius 3 is 1.76 bits per heavy atom. The molecule has 0 radical (unpaired) electrons. The molecule has 1 rings (SSSR count). The lowest BCUT2D eigenvalue weighted by atomic mass is 9.74. The molecule has 98 valence electrons. The first-order valence-electron chi connectivity index (χ1n) is 5.80. The van der Waals surface area contributed by atoms with E-state index in [4.69, 9.17) is 0 Å². The highest BCUT2D eigenvalue weighted by Gasteiger charge is 2.33. The van der Waals surface area contributed by atoms with Crippen molar-refractivity contribution in [3.05, 3.63) is 35.9 Å². The molecule has 0 saturated carbocycles. The molecule has 0 amide bonds. The number of benzene rings is 1. The van der Waals surface area contributed by atoms with E-state index in [0.717, 1.165) is 24.8 Å². The van der Waals surface area contributed by atoms with Crippen molar-refractivity contribution >= 4 is 22.8 Å². The molecular weight excluding hydrogens is 278 g/mol. The van der Waals surface area contributed by atoms with Crippen LogP contribution in [0.2, 0.25) is 0 Å². The summed E-state index contributed by atoms with van der Waals surface area (Å²) < 4.78 is 0. The van der Waals surface area contributed by atoms with Gasteiger partial charge in [-0.3, -0.25) is 4.79 Å². The lowest BCUT2D eigenvalue weighted by Gasteiger charge is -2.28. The average molecular weight is 302 g/mol. The fraction of sp³-hybridized carbons (Fsp3) is 0.500. The van der Waals surface area contributed by atoms with Crippen LogP contribution in [0.15, 0.2) is 30.3 Å². The molecule has 1 aromatic carbocycles. The standard InChI is InChI=1S/C14H20O.BrH.H3N/c1-4-14(5-2,6-3)13(15)12-10-8-7-9-11-12;;/h7-11H,4-6H2,1-3H3;1H;1H3. The summed E-state index contributed by atoms with van der Waals surface area (Å²) in [6.07, 6.45) is 2.77. The van der Waals surface area contributed by atoms with Gasteiger partial charge < -0.3 is 6.15 Å². The highest BCUT2D eigenvalue weighted by molar-refractivity contribution is 8.93. The number of carbonyl (C=O) groups excluding carboxylic acids is 1. The smallest absolute Gasteiger partial charge is 0.168 e. The second-order valence-electron chi connectivity index (χ2n) is 4.04. The normalized spacial score (nSPS) is 10.1. The van der Waals surface area contributed by atoms with E-state index in [1.807, 2.05) is 30.3 Å². The second kappa shape index (κ2) is 8.43. The van der Waals surface area contributed by atoms with Gasteiger partial charge in [-0.25, -0.2) is 0 Å². The van der Waals surface area contributed by atoms with Gasteiger partial charge in [0.2, 0.25) is 0 Å². The quantitative estimate of drug-likeness (QED) is 0.792. The number of rotatable bonds is 5. The molecule has 0 aliphatic rings. The van der Waals surface area contributed by atoms with Gasteiger partial charge in [0.15, 0.2) is 5.78 Å². The minimum Gasteiger partial charge on any atom is -0.344 e. The predicted octanol–water partition coefficient (Wildman–Crippen LogP) is 4.83. The summed E-state index contributed by atoms with van der Waals surface area (Å²) in [6.45, 7) is 6.32. The minimum atomic E-state index is -0.151. The molecule has 0 saturated heterocycles. The van der Waals surface area contributed by atoms with Crippen LogP contribution in [-0.4, -0.2) is 5.78 Å². The highest BCUT2D eigenvalue weighted by Crippen LogP contribution is 2.34. The number of carbonyl (C=O) groups is 1. The second-order valence-corrected chi connectivity index (χ2v) is 4.04. The fourth-order valence-electron chi connectivity index (χ4n) is 2.13. The molecule has 0 bridgehead atoms. The number of halogens is 1. The molecule has 2 nitrogen and oxygen atoms in total. The molecule has 3 N–H and O–H groups in total. The van der Waals surface area contributed by atoms with Gasteiger partial charge in [0.05, 0.1) is 0 Å². The maximum Gasteiger partial charge on any atom is 0.168 e. The van der Waals surface area contributed by atoms with Crippen molar-refractivity contribution in [1.29, 1.82) is 0 Å². The number of hydrogen-bond acceptors (Lipinski definition) is 2. The summed E-state index contributed by atoms with van der Waals surface area (Å²) in [5.74, 6) is 0.301. The molecule has 0 heterocycles. The molecular formula is C14H24BrNO. The molecule has 0 aliphatic carbocycles. The summed E-state index contributed by atoms with van der Waals surface area (Å²) in [5, 5.41) is 0. The Kier molecular flexibility index (Phi) is 9.26. The summed E-state index contributed by atoms with van der Waals surface area (Å²) >= 11 is 0. The molecule has 0 fully saturated rings. The first-order valence-corrected chi connectivity index (χ1v) is 5.80. The van der Waals surface area contributed by atoms with E-state index >= 15 is 0 Å². The number of hydrogen-bond donors (Lipinski definition) is 1. The molecule has 0 unspecified atom stereocenters. The lowest BCUT2D eigenvalue weighted by molar-refractivity contribution is 0.0766. The van der Waals surface area contributed by atoms with Crippen LogP contribution in [-0.2, 0) is 0 Å². The van der Waals surface area contributed by atoms with Gasteiger partial charge in [0.25, 0.3) is 0 Å². The Hall–Kier alpha value is -0.670. The minimum absolute atomic E-state index is 0. The molecule has 0 aromatic heterocycles. The van der Waals surface area contributed by atoms with Crippen LogP contribution in [0.1, 0.15) is 50.4 Å². The monoisotopic (exact) mass is 301 g/mol. The number of Topliss-reactive ketones (excluding diaryl/α,β-unsaturated/α-hetero) is 1. The van der Waals surface area contributed by atoms with Gasteiger partial charge in [-0.2, -0.15) is 0 Å². The van der Waals surface area contributed by atoms with E-state index in [-0.39, 0.29) is 28.5 Å². The van der Waals surface area contributed by atoms with Crippen LogP contribution >= 0.6 is 17.0 Å². The number of ketones is 1. The molecule has 0 aliphatic heterocycles. The van der Waals surface area contributed by atoms with Crippen molar-refractivity contribution in [3.8, 4) is 0 Å². The lowest BCUT2D eigenvalue weighted by Crippen LogP contribution is -2.29. The van der Waals surface area contributed by atoms with Gasteiger partial charge in [-0.05, 0) is 19.3 Å². The van der Waals surface area contributed by atoms with E-state index in [1.165, 1.54) is 0 Å². The zero-order chi connectivity index (χ0) is 11.3. The zero-order valence-electron chi connectivity index (χ0n) is 11.0. The highest BCUT2D eigenvalue weighted by atomic mass is 79.9. The third-order valence-corrected chi connectivity index (χ3v) is 3.55. The van der Waals surface area contributed by atoms with Crippen molar-refractivity contribution in [2.24, 2.45) is 5.41 Å². The van der Waals surface area contributed by atoms with Crippen LogP contribution < -0.4 is 6.15 Å². The van der Waals surface area contributed by atoms with Gasteiger partial charge in [0, 0.05) is 11.0 Å². The van der Waals surface area contributed by atoms with Crippen LogP contribution in [0.3, 0.4) is 0 Å². The maximum atomic E-state index is 12.4. The Labute approximate surface area is 115 Å².